The van der Waals surface area contributed by atoms with Crippen molar-refractivity contribution < 1.29 is 9.18 Å². The predicted octanol–water partition coefficient (Wildman–Crippen LogP) is 3.45. The fourth-order valence-electron chi connectivity index (χ4n) is 2.32. The van der Waals surface area contributed by atoms with Gasteiger partial charge in [0, 0.05) is 30.4 Å². The fraction of sp³-hybridized carbons (Fsp3) is 0.222. The van der Waals surface area contributed by atoms with Crippen LogP contribution in [0.5, 0.6) is 0 Å². The summed E-state index contributed by atoms with van der Waals surface area (Å²) in [5.41, 5.74) is 2.95. The zero-order chi connectivity index (χ0) is 16.9. The molecule has 0 radical (unpaired) electrons. The van der Waals surface area contributed by atoms with Gasteiger partial charge < -0.3 is 9.72 Å². The fourth-order valence-corrected chi connectivity index (χ4v) is 3.16. The van der Waals surface area contributed by atoms with Gasteiger partial charge in [0.05, 0.1) is 0 Å². The third-order valence-corrected chi connectivity index (χ3v) is 4.60. The lowest BCUT2D eigenvalue weighted by atomic mass is 10.2. The Balaban J connectivity index is 1.47. The van der Waals surface area contributed by atoms with Gasteiger partial charge in [0.2, 0.25) is 0 Å². The summed E-state index contributed by atoms with van der Waals surface area (Å²) in [6.45, 7) is 2.51. The van der Waals surface area contributed by atoms with Crippen molar-refractivity contribution in [2.24, 2.45) is 0 Å². The van der Waals surface area contributed by atoms with E-state index in [2.05, 4.69) is 10.3 Å². The number of rotatable bonds is 6. The van der Waals surface area contributed by atoms with Crippen LogP contribution in [0.1, 0.15) is 21.6 Å². The van der Waals surface area contributed by atoms with Crippen molar-refractivity contribution >= 4 is 23.3 Å². The zero-order valence-electron chi connectivity index (χ0n) is 13.3. The van der Waals surface area contributed by atoms with E-state index >= 15 is 0 Å². The van der Waals surface area contributed by atoms with Gasteiger partial charge in [-0.2, -0.15) is 11.8 Å². The summed E-state index contributed by atoms with van der Waals surface area (Å²) < 4.78 is 15.3. The number of nitrogens with zero attached hydrogens (tertiary/aromatic N) is 2. The smallest absolute Gasteiger partial charge is 0.271 e. The lowest BCUT2D eigenvalue weighted by molar-refractivity contribution is 0.0952. The third kappa shape index (κ3) is 3.94. The minimum Gasteiger partial charge on any atom is -0.350 e. The van der Waals surface area contributed by atoms with Crippen LogP contribution >= 0.6 is 11.8 Å². The van der Waals surface area contributed by atoms with E-state index in [9.17, 15) is 9.18 Å². The Kier molecular flexibility index (Phi) is 5.15. The van der Waals surface area contributed by atoms with Crippen LogP contribution in [0.25, 0.3) is 5.65 Å². The number of halogens is 1. The second-order valence-electron chi connectivity index (χ2n) is 5.50. The maximum absolute atomic E-state index is 13.5. The number of aryl methyl sites for hydroxylation is 1. The molecule has 2 heterocycles. The minimum absolute atomic E-state index is 0.186. The minimum atomic E-state index is -0.192. The molecule has 1 N–H and O–H groups in total. The summed E-state index contributed by atoms with van der Waals surface area (Å²) in [7, 11) is 0. The molecule has 0 spiro atoms. The molecule has 0 fully saturated rings. The van der Waals surface area contributed by atoms with Crippen LogP contribution in [-0.4, -0.2) is 27.6 Å². The molecule has 0 aliphatic heterocycles. The highest BCUT2D eigenvalue weighted by Crippen LogP contribution is 2.14. The van der Waals surface area contributed by atoms with Crippen LogP contribution in [0.3, 0.4) is 0 Å². The SMILES string of the molecule is Cc1ccn2cc(C(=O)NCCSCc3ccccc3F)nc2c1. The first-order chi connectivity index (χ1) is 11.6. The molecule has 4 nitrogen and oxygen atoms in total. The molecule has 124 valence electrons. The lowest BCUT2D eigenvalue weighted by Gasteiger charge is -2.04. The van der Waals surface area contributed by atoms with Gasteiger partial charge in [-0.25, -0.2) is 9.37 Å². The number of hydrogen-bond acceptors (Lipinski definition) is 3. The molecule has 1 aromatic carbocycles. The number of amides is 1. The van der Waals surface area contributed by atoms with E-state index in [1.54, 1.807) is 30.1 Å². The standard InChI is InChI=1S/C18H18FN3OS/c1-13-6-8-22-11-16(21-17(22)10-13)18(23)20-7-9-24-12-14-4-2-3-5-15(14)19/h2-6,8,10-11H,7,9,12H2,1H3,(H,20,23). The molecule has 6 heteroatoms. The molecule has 0 atom stereocenters. The molecule has 0 saturated carbocycles. The van der Waals surface area contributed by atoms with Crippen molar-refractivity contribution in [1.82, 2.24) is 14.7 Å². The van der Waals surface area contributed by atoms with E-state index in [-0.39, 0.29) is 11.7 Å². The molecule has 3 aromatic rings. The topological polar surface area (TPSA) is 46.4 Å². The molecular weight excluding hydrogens is 325 g/mol. The normalized spacial score (nSPS) is 10.9. The summed E-state index contributed by atoms with van der Waals surface area (Å²) in [5, 5.41) is 2.85. The van der Waals surface area contributed by atoms with Crippen molar-refractivity contribution in [2.75, 3.05) is 12.3 Å². The van der Waals surface area contributed by atoms with Crippen LogP contribution < -0.4 is 5.32 Å². The second-order valence-corrected chi connectivity index (χ2v) is 6.60. The largest absolute Gasteiger partial charge is 0.350 e. The monoisotopic (exact) mass is 343 g/mol. The first kappa shape index (κ1) is 16.5. The Labute approximate surface area is 144 Å². The summed E-state index contributed by atoms with van der Waals surface area (Å²) >= 11 is 1.58. The quantitative estimate of drug-likeness (QED) is 0.698. The number of imidazole rings is 1. The van der Waals surface area contributed by atoms with Crippen LogP contribution in [0.15, 0.2) is 48.8 Å². The van der Waals surface area contributed by atoms with E-state index in [1.807, 2.05) is 35.7 Å². The number of nitrogens with one attached hydrogen (secondary N) is 1. The molecule has 0 bridgehead atoms. The van der Waals surface area contributed by atoms with Crippen molar-refractivity contribution in [1.29, 1.82) is 0 Å². The number of benzene rings is 1. The van der Waals surface area contributed by atoms with Gasteiger partial charge in [-0.3, -0.25) is 4.79 Å². The Morgan fingerprint density at radius 1 is 1.33 bits per heavy atom. The highest BCUT2D eigenvalue weighted by molar-refractivity contribution is 7.98. The number of carbonyl (C=O) groups is 1. The van der Waals surface area contributed by atoms with E-state index < -0.39 is 0 Å². The van der Waals surface area contributed by atoms with Gasteiger partial charge >= 0.3 is 0 Å². The van der Waals surface area contributed by atoms with Gasteiger partial charge in [-0.1, -0.05) is 18.2 Å². The number of aromatic nitrogens is 2. The molecule has 1 amide bonds. The number of thioether (sulfide) groups is 1. The summed E-state index contributed by atoms with van der Waals surface area (Å²) in [4.78, 5) is 16.5. The Morgan fingerprint density at radius 3 is 3.00 bits per heavy atom. The highest BCUT2D eigenvalue weighted by Gasteiger charge is 2.10. The number of pyridine rings is 1. The van der Waals surface area contributed by atoms with Gasteiger partial charge in [0.15, 0.2) is 0 Å². The Morgan fingerprint density at radius 2 is 2.17 bits per heavy atom. The van der Waals surface area contributed by atoms with Gasteiger partial charge in [-0.05, 0) is 36.2 Å². The van der Waals surface area contributed by atoms with Gasteiger partial charge in [-0.15, -0.1) is 0 Å². The average Bonchev–Trinajstić information content (AvgIpc) is 2.99. The highest BCUT2D eigenvalue weighted by atomic mass is 32.2. The number of carbonyl (C=O) groups excluding carboxylic acids is 1. The van der Waals surface area contributed by atoms with E-state index in [0.29, 0.717) is 29.3 Å². The summed E-state index contributed by atoms with van der Waals surface area (Å²) in [6.07, 6.45) is 3.61. The maximum Gasteiger partial charge on any atom is 0.271 e. The maximum atomic E-state index is 13.5. The first-order valence-electron chi connectivity index (χ1n) is 7.68. The van der Waals surface area contributed by atoms with E-state index in [0.717, 1.165) is 11.2 Å². The van der Waals surface area contributed by atoms with Crippen LogP contribution in [0.2, 0.25) is 0 Å². The second kappa shape index (κ2) is 7.49. The van der Waals surface area contributed by atoms with Crippen LogP contribution in [0, 0.1) is 12.7 Å². The van der Waals surface area contributed by atoms with E-state index in [4.69, 9.17) is 0 Å². The summed E-state index contributed by atoms with van der Waals surface area (Å²) in [6, 6.07) is 10.6. The molecule has 3 rings (SSSR count). The Hall–Kier alpha value is -2.34. The van der Waals surface area contributed by atoms with Gasteiger partial charge in [0.25, 0.3) is 5.91 Å². The van der Waals surface area contributed by atoms with Crippen LogP contribution in [-0.2, 0) is 5.75 Å². The van der Waals surface area contributed by atoms with Crippen molar-refractivity contribution in [2.45, 2.75) is 12.7 Å². The predicted molar refractivity (Wildman–Crippen MR) is 94.8 cm³/mol. The first-order valence-corrected chi connectivity index (χ1v) is 8.83. The van der Waals surface area contributed by atoms with Gasteiger partial charge in [0.1, 0.15) is 17.2 Å². The molecule has 0 saturated heterocycles. The average molecular weight is 343 g/mol. The van der Waals surface area contributed by atoms with Crippen LogP contribution in [0.4, 0.5) is 4.39 Å². The van der Waals surface area contributed by atoms with Crippen molar-refractivity contribution in [3.05, 3.63) is 71.4 Å². The van der Waals surface area contributed by atoms with Crippen molar-refractivity contribution in [3.8, 4) is 0 Å². The molecule has 2 aromatic heterocycles. The molecule has 0 aliphatic rings. The third-order valence-electron chi connectivity index (χ3n) is 3.60. The van der Waals surface area contributed by atoms with E-state index in [1.165, 1.54) is 6.07 Å². The zero-order valence-corrected chi connectivity index (χ0v) is 14.1. The molecule has 0 aliphatic carbocycles. The number of fused-ring (bicyclic) bond motifs is 1. The number of hydrogen-bond donors (Lipinski definition) is 1. The molecule has 0 unspecified atom stereocenters. The van der Waals surface area contributed by atoms with Crippen molar-refractivity contribution in [3.63, 3.8) is 0 Å². The summed E-state index contributed by atoms with van der Waals surface area (Å²) in [5.74, 6) is 0.930. The molecular formula is C18H18FN3OS. The molecule has 24 heavy (non-hydrogen) atoms. The Bertz CT molecular complexity index is 862. The lowest BCUT2D eigenvalue weighted by Crippen LogP contribution is -2.26.